The molecule has 98 valence electrons. The molecule has 0 spiro atoms. The second kappa shape index (κ2) is 5.22. The topological polar surface area (TPSA) is 62.3 Å². The molecule has 0 bridgehead atoms. The lowest BCUT2D eigenvalue weighted by Gasteiger charge is -2.07. The number of nitrogens with zero attached hydrogens (tertiary/aromatic N) is 2. The van der Waals surface area contributed by atoms with E-state index in [4.69, 9.17) is 15.2 Å². The van der Waals surface area contributed by atoms with Gasteiger partial charge in [-0.25, -0.2) is 9.37 Å². The summed E-state index contributed by atoms with van der Waals surface area (Å²) in [6.45, 7) is 3.68. The van der Waals surface area contributed by atoms with Crippen molar-refractivity contribution in [2.45, 2.75) is 13.5 Å². The largest absolute Gasteiger partial charge is 0.494 e. The van der Waals surface area contributed by atoms with E-state index in [9.17, 15) is 4.39 Å². The van der Waals surface area contributed by atoms with Gasteiger partial charge in [0.1, 0.15) is 0 Å². The van der Waals surface area contributed by atoms with Gasteiger partial charge in [-0.2, -0.15) is 0 Å². The van der Waals surface area contributed by atoms with E-state index >= 15 is 0 Å². The van der Waals surface area contributed by atoms with Gasteiger partial charge in [-0.3, -0.25) is 0 Å². The van der Waals surface area contributed by atoms with Gasteiger partial charge in [-0.15, -0.1) is 0 Å². The highest BCUT2D eigenvalue weighted by molar-refractivity contribution is 5.80. The number of hydrogen-bond donors (Lipinski definition) is 1. The van der Waals surface area contributed by atoms with Gasteiger partial charge in [0.2, 0.25) is 5.95 Å². The number of halogens is 1. The third-order valence-electron chi connectivity index (χ3n) is 2.71. The van der Waals surface area contributed by atoms with Crippen LogP contribution >= 0.6 is 0 Å². The molecular formula is C12H16FN3O2. The summed E-state index contributed by atoms with van der Waals surface area (Å²) in [6, 6.07) is 2.92. The van der Waals surface area contributed by atoms with Crippen molar-refractivity contribution in [3.8, 4) is 5.75 Å². The second-order valence-electron chi connectivity index (χ2n) is 3.79. The highest BCUT2D eigenvalue weighted by atomic mass is 19.1. The number of anilines is 1. The summed E-state index contributed by atoms with van der Waals surface area (Å²) in [7, 11) is 1.43. The molecule has 2 aromatic rings. The van der Waals surface area contributed by atoms with Gasteiger partial charge < -0.3 is 19.8 Å². The number of nitrogens with two attached hydrogens (primary N) is 1. The lowest BCUT2D eigenvalue weighted by molar-refractivity contribution is 0.140. The third kappa shape index (κ3) is 2.24. The fraction of sp³-hybridized carbons (Fsp3) is 0.417. The Labute approximate surface area is 104 Å². The lowest BCUT2D eigenvalue weighted by atomic mass is 10.3. The number of rotatable bonds is 5. The highest BCUT2D eigenvalue weighted by Gasteiger charge is 2.12. The predicted molar refractivity (Wildman–Crippen MR) is 67.1 cm³/mol. The Morgan fingerprint density at radius 1 is 1.44 bits per heavy atom. The molecule has 0 fully saturated rings. The van der Waals surface area contributed by atoms with Crippen LogP contribution in [0, 0.1) is 5.82 Å². The van der Waals surface area contributed by atoms with Gasteiger partial charge in [0, 0.05) is 25.3 Å². The molecule has 2 rings (SSSR count). The zero-order valence-electron chi connectivity index (χ0n) is 10.4. The summed E-state index contributed by atoms with van der Waals surface area (Å²) in [4.78, 5) is 4.12. The Morgan fingerprint density at radius 3 is 2.89 bits per heavy atom. The van der Waals surface area contributed by atoms with Crippen LogP contribution in [0.3, 0.4) is 0 Å². The molecule has 0 atom stereocenters. The van der Waals surface area contributed by atoms with Crippen molar-refractivity contribution >= 4 is 17.0 Å². The molecule has 18 heavy (non-hydrogen) atoms. The summed E-state index contributed by atoms with van der Waals surface area (Å²) in [5.74, 6) is 0.0804. The van der Waals surface area contributed by atoms with Gasteiger partial charge in [-0.1, -0.05) is 0 Å². The lowest BCUT2D eigenvalue weighted by Crippen LogP contribution is -2.08. The first kappa shape index (κ1) is 12.6. The zero-order valence-corrected chi connectivity index (χ0v) is 10.4. The van der Waals surface area contributed by atoms with E-state index in [0.717, 1.165) is 5.52 Å². The molecule has 0 saturated heterocycles. The van der Waals surface area contributed by atoms with Crippen molar-refractivity contribution < 1.29 is 13.9 Å². The number of aromatic nitrogens is 2. The Kier molecular flexibility index (Phi) is 3.66. The van der Waals surface area contributed by atoms with Crippen molar-refractivity contribution in [2.75, 3.05) is 26.1 Å². The molecule has 6 heteroatoms. The van der Waals surface area contributed by atoms with E-state index in [0.29, 0.717) is 31.2 Å². The molecule has 2 N–H and O–H groups in total. The molecule has 0 amide bonds. The molecule has 5 nitrogen and oxygen atoms in total. The van der Waals surface area contributed by atoms with E-state index in [2.05, 4.69) is 4.98 Å². The zero-order chi connectivity index (χ0) is 13.1. The maximum atomic E-state index is 13.5. The summed E-state index contributed by atoms with van der Waals surface area (Å²) in [5.41, 5.74) is 7.07. The van der Waals surface area contributed by atoms with E-state index in [1.165, 1.54) is 13.2 Å². The van der Waals surface area contributed by atoms with Gasteiger partial charge in [0.15, 0.2) is 11.6 Å². The van der Waals surface area contributed by atoms with Crippen molar-refractivity contribution in [3.05, 3.63) is 17.9 Å². The number of imidazole rings is 1. The van der Waals surface area contributed by atoms with Crippen LogP contribution in [0.2, 0.25) is 0 Å². The van der Waals surface area contributed by atoms with Gasteiger partial charge >= 0.3 is 0 Å². The number of methoxy groups -OCH3 is 1. The Morgan fingerprint density at radius 2 is 2.22 bits per heavy atom. The highest BCUT2D eigenvalue weighted by Crippen LogP contribution is 2.26. The monoisotopic (exact) mass is 253 g/mol. The van der Waals surface area contributed by atoms with E-state index in [1.54, 1.807) is 10.6 Å². The smallest absolute Gasteiger partial charge is 0.201 e. The fourth-order valence-electron chi connectivity index (χ4n) is 1.84. The minimum atomic E-state index is -0.445. The Bertz CT molecular complexity index is 554. The fourth-order valence-corrected chi connectivity index (χ4v) is 1.84. The Hall–Kier alpha value is -1.82. The van der Waals surface area contributed by atoms with Gasteiger partial charge in [0.05, 0.1) is 24.8 Å². The van der Waals surface area contributed by atoms with Crippen LogP contribution in [0.5, 0.6) is 5.75 Å². The van der Waals surface area contributed by atoms with Crippen LogP contribution in [-0.2, 0) is 11.3 Å². The maximum Gasteiger partial charge on any atom is 0.201 e. The van der Waals surface area contributed by atoms with E-state index in [-0.39, 0.29) is 5.75 Å². The number of fused-ring (bicyclic) bond motifs is 1. The van der Waals surface area contributed by atoms with E-state index in [1.807, 2.05) is 6.92 Å². The number of ether oxygens (including phenoxy) is 2. The molecule has 0 aliphatic rings. The molecule has 1 aromatic heterocycles. The summed E-state index contributed by atoms with van der Waals surface area (Å²) < 4.78 is 25.5. The summed E-state index contributed by atoms with van der Waals surface area (Å²) >= 11 is 0. The Balaban J connectivity index is 2.41. The van der Waals surface area contributed by atoms with Crippen LogP contribution in [0.1, 0.15) is 6.92 Å². The van der Waals surface area contributed by atoms with Crippen LogP contribution < -0.4 is 10.5 Å². The molecular weight excluding hydrogens is 237 g/mol. The standard InChI is InChI=1S/C12H16FN3O2/c1-3-18-5-4-16-10-7-11(17-2)8(13)6-9(10)15-12(16)14/h6-7H,3-5H2,1-2H3,(H2,14,15). The number of nitrogen functional groups attached to an aromatic ring is 1. The number of hydrogen-bond acceptors (Lipinski definition) is 4. The first-order valence-electron chi connectivity index (χ1n) is 5.74. The molecule has 1 heterocycles. The SMILES string of the molecule is CCOCCn1c(N)nc2cc(F)c(OC)cc21. The minimum absolute atomic E-state index is 0.181. The average Bonchev–Trinajstić information content (AvgIpc) is 2.64. The third-order valence-corrected chi connectivity index (χ3v) is 2.71. The van der Waals surface area contributed by atoms with E-state index < -0.39 is 5.82 Å². The van der Waals surface area contributed by atoms with Crippen LogP contribution in [0.15, 0.2) is 12.1 Å². The second-order valence-corrected chi connectivity index (χ2v) is 3.79. The van der Waals surface area contributed by atoms with Crippen LogP contribution in [-0.4, -0.2) is 29.9 Å². The van der Waals surface area contributed by atoms with Crippen molar-refractivity contribution in [1.82, 2.24) is 9.55 Å². The number of benzene rings is 1. The summed E-state index contributed by atoms with van der Waals surface area (Å²) in [6.07, 6.45) is 0. The molecule has 0 saturated carbocycles. The first-order valence-corrected chi connectivity index (χ1v) is 5.74. The maximum absolute atomic E-state index is 13.5. The molecule has 1 aromatic carbocycles. The summed E-state index contributed by atoms with van der Waals surface area (Å²) in [5, 5.41) is 0. The van der Waals surface area contributed by atoms with Crippen molar-refractivity contribution in [1.29, 1.82) is 0 Å². The van der Waals surface area contributed by atoms with Gasteiger partial charge in [0.25, 0.3) is 0 Å². The van der Waals surface area contributed by atoms with Crippen LogP contribution in [0.25, 0.3) is 11.0 Å². The molecule has 0 radical (unpaired) electrons. The van der Waals surface area contributed by atoms with Crippen LogP contribution in [0.4, 0.5) is 10.3 Å². The molecule has 0 aliphatic heterocycles. The van der Waals surface area contributed by atoms with Crippen molar-refractivity contribution in [2.24, 2.45) is 0 Å². The predicted octanol–water partition coefficient (Wildman–Crippen LogP) is 1.80. The minimum Gasteiger partial charge on any atom is -0.494 e. The van der Waals surface area contributed by atoms with Gasteiger partial charge in [-0.05, 0) is 6.92 Å². The molecule has 0 unspecified atom stereocenters. The molecule has 0 aliphatic carbocycles. The normalized spacial score (nSPS) is 11.1. The van der Waals surface area contributed by atoms with Crippen molar-refractivity contribution in [3.63, 3.8) is 0 Å². The quantitative estimate of drug-likeness (QED) is 0.825. The average molecular weight is 253 g/mol. The first-order chi connectivity index (χ1) is 8.67.